The fourth-order valence-electron chi connectivity index (χ4n) is 3.12. The molecule has 154 valence electrons. The highest BCUT2D eigenvalue weighted by Crippen LogP contribution is 2.38. The molecule has 3 amide bonds. The van der Waals surface area contributed by atoms with Crippen LogP contribution >= 0.6 is 22.7 Å². The van der Waals surface area contributed by atoms with Gasteiger partial charge in [-0.3, -0.25) is 14.4 Å². The van der Waals surface area contributed by atoms with Gasteiger partial charge in [-0.05, 0) is 49.6 Å². The Morgan fingerprint density at radius 2 is 1.86 bits per heavy atom. The van der Waals surface area contributed by atoms with Gasteiger partial charge in [-0.25, -0.2) is 4.79 Å². The molecular weight excluding hydrogens is 414 g/mol. The van der Waals surface area contributed by atoms with Crippen molar-refractivity contribution in [3.05, 3.63) is 33.0 Å². The van der Waals surface area contributed by atoms with Gasteiger partial charge in [-0.1, -0.05) is 0 Å². The molecular formula is C19H21N3O5S2. The quantitative estimate of drug-likeness (QED) is 0.601. The summed E-state index contributed by atoms with van der Waals surface area (Å²) in [6.07, 6.45) is 2.46. The monoisotopic (exact) mass is 435 g/mol. The molecule has 0 radical (unpaired) electrons. The van der Waals surface area contributed by atoms with E-state index in [4.69, 9.17) is 10.5 Å². The van der Waals surface area contributed by atoms with Crippen LogP contribution in [0.1, 0.15) is 57.8 Å². The molecule has 4 N–H and O–H groups in total. The highest BCUT2D eigenvalue weighted by atomic mass is 32.1. The molecule has 1 aliphatic rings. The van der Waals surface area contributed by atoms with Crippen LogP contribution in [0.3, 0.4) is 0 Å². The summed E-state index contributed by atoms with van der Waals surface area (Å²) in [6.45, 7) is 2.82. The lowest BCUT2D eigenvalue weighted by atomic mass is 9.95. The molecule has 0 saturated carbocycles. The molecule has 0 aliphatic heterocycles. The van der Waals surface area contributed by atoms with Crippen LogP contribution in [0.25, 0.3) is 0 Å². The number of primary amides is 1. The van der Waals surface area contributed by atoms with Crippen LogP contribution in [0.15, 0.2) is 11.4 Å². The van der Waals surface area contributed by atoms with Gasteiger partial charge in [0.05, 0.1) is 11.1 Å². The maximum atomic E-state index is 12.9. The average Bonchev–Trinajstić information content (AvgIpc) is 3.24. The molecule has 0 aromatic carbocycles. The second kappa shape index (κ2) is 8.75. The number of esters is 1. The van der Waals surface area contributed by atoms with E-state index in [0.29, 0.717) is 15.6 Å². The fourth-order valence-corrected chi connectivity index (χ4v) is 5.24. The molecule has 0 bridgehead atoms. The average molecular weight is 436 g/mol. The highest BCUT2D eigenvalue weighted by molar-refractivity contribution is 7.17. The Balaban J connectivity index is 1.76. The van der Waals surface area contributed by atoms with Crippen molar-refractivity contribution in [2.75, 3.05) is 10.6 Å². The Labute approximate surface area is 175 Å². The van der Waals surface area contributed by atoms with Gasteiger partial charge in [0.1, 0.15) is 10.0 Å². The summed E-state index contributed by atoms with van der Waals surface area (Å²) in [5.74, 6) is -2.17. The molecule has 0 unspecified atom stereocenters. The molecule has 1 atom stereocenters. The third kappa shape index (κ3) is 4.65. The number of nitrogens with one attached hydrogen (secondary N) is 2. The van der Waals surface area contributed by atoms with Gasteiger partial charge in [0.2, 0.25) is 5.91 Å². The summed E-state index contributed by atoms with van der Waals surface area (Å²) in [6, 6.07) is 1.51. The minimum absolute atomic E-state index is 0.196. The molecule has 2 heterocycles. The SMILES string of the molecule is CC(=O)Nc1sc2c(c1C(=O)O[C@H](C)C(=O)Nc1sccc1C(N)=O)CCCC2. The van der Waals surface area contributed by atoms with Crippen molar-refractivity contribution >= 4 is 56.4 Å². The summed E-state index contributed by atoms with van der Waals surface area (Å²) >= 11 is 2.53. The summed E-state index contributed by atoms with van der Waals surface area (Å²) < 4.78 is 5.39. The van der Waals surface area contributed by atoms with Crippen molar-refractivity contribution in [3.63, 3.8) is 0 Å². The number of hydrogen-bond donors (Lipinski definition) is 3. The molecule has 29 heavy (non-hydrogen) atoms. The van der Waals surface area contributed by atoms with E-state index in [0.717, 1.165) is 47.5 Å². The topological polar surface area (TPSA) is 128 Å². The Bertz CT molecular complexity index is 979. The first-order valence-electron chi connectivity index (χ1n) is 9.09. The Hall–Kier alpha value is -2.72. The van der Waals surface area contributed by atoms with Crippen LogP contribution in [0, 0.1) is 0 Å². The Kier molecular flexibility index (Phi) is 6.33. The third-order valence-corrected chi connectivity index (χ3v) is 6.52. The molecule has 3 rings (SSSR count). The number of carbonyl (C=O) groups excluding carboxylic acids is 4. The van der Waals surface area contributed by atoms with E-state index in [1.807, 2.05) is 0 Å². The second-order valence-electron chi connectivity index (χ2n) is 6.66. The Morgan fingerprint density at radius 1 is 1.14 bits per heavy atom. The van der Waals surface area contributed by atoms with E-state index >= 15 is 0 Å². The van der Waals surface area contributed by atoms with Gasteiger partial charge < -0.3 is 21.1 Å². The van der Waals surface area contributed by atoms with Gasteiger partial charge in [0.25, 0.3) is 11.8 Å². The zero-order chi connectivity index (χ0) is 21.1. The van der Waals surface area contributed by atoms with Crippen molar-refractivity contribution in [3.8, 4) is 0 Å². The summed E-state index contributed by atoms with van der Waals surface area (Å²) in [4.78, 5) is 49.3. The lowest BCUT2D eigenvalue weighted by molar-refractivity contribution is -0.123. The van der Waals surface area contributed by atoms with Crippen molar-refractivity contribution < 1.29 is 23.9 Å². The number of thiophene rings is 2. The zero-order valence-electron chi connectivity index (χ0n) is 16.0. The molecule has 0 spiro atoms. The normalized spacial score (nSPS) is 13.9. The predicted octanol–water partition coefficient (Wildman–Crippen LogP) is 2.93. The number of fused-ring (bicyclic) bond motifs is 1. The van der Waals surface area contributed by atoms with Crippen LogP contribution < -0.4 is 16.4 Å². The molecule has 2 aromatic heterocycles. The maximum absolute atomic E-state index is 12.9. The number of ether oxygens (including phenoxy) is 1. The lowest BCUT2D eigenvalue weighted by Crippen LogP contribution is -2.31. The van der Waals surface area contributed by atoms with Gasteiger partial charge >= 0.3 is 5.97 Å². The number of nitrogens with two attached hydrogens (primary N) is 1. The van der Waals surface area contributed by atoms with Gasteiger partial charge in [-0.2, -0.15) is 0 Å². The first-order chi connectivity index (χ1) is 13.8. The largest absolute Gasteiger partial charge is 0.449 e. The first kappa shape index (κ1) is 21.0. The number of aryl methyl sites for hydroxylation is 1. The number of carbonyl (C=O) groups is 4. The minimum atomic E-state index is -1.10. The van der Waals surface area contributed by atoms with Crippen LogP contribution in [0.5, 0.6) is 0 Å². The maximum Gasteiger partial charge on any atom is 0.342 e. The first-order valence-corrected chi connectivity index (χ1v) is 10.8. The van der Waals surface area contributed by atoms with Crippen molar-refractivity contribution in [1.29, 1.82) is 0 Å². The minimum Gasteiger partial charge on any atom is -0.449 e. The van der Waals surface area contributed by atoms with Crippen LogP contribution in [-0.2, 0) is 27.2 Å². The van der Waals surface area contributed by atoms with E-state index in [1.165, 1.54) is 31.3 Å². The summed E-state index contributed by atoms with van der Waals surface area (Å²) in [5, 5.41) is 7.65. The summed E-state index contributed by atoms with van der Waals surface area (Å²) in [5.41, 5.74) is 6.68. The van der Waals surface area contributed by atoms with E-state index < -0.39 is 23.9 Å². The lowest BCUT2D eigenvalue weighted by Gasteiger charge is -2.16. The standard InChI is InChI=1S/C19H21N3O5S2/c1-9(16(25)22-17-12(15(20)24)7-8-28-17)27-19(26)14-11-5-3-4-6-13(11)29-18(14)21-10(2)23/h7-9H,3-6H2,1-2H3,(H2,20,24)(H,21,23)(H,22,25)/t9-/m1/s1. The van der Waals surface area contributed by atoms with E-state index in [9.17, 15) is 19.2 Å². The van der Waals surface area contributed by atoms with Gasteiger partial charge in [-0.15, -0.1) is 22.7 Å². The van der Waals surface area contributed by atoms with E-state index in [1.54, 1.807) is 5.38 Å². The van der Waals surface area contributed by atoms with Crippen molar-refractivity contribution in [2.24, 2.45) is 5.73 Å². The molecule has 8 nitrogen and oxygen atoms in total. The Morgan fingerprint density at radius 3 is 2.55 bits per heavy atom. The van der Waals surface area contributed by atoms with E-state index in [-0.39, 0.29) is 11.5 Å². The molecule has 1 aliphatic carbocycles. The smallest absolute Gasteiger partial charge is 0.342 e. The number of anilines is 2. The van der Waals surface area contributed by atoms with Crippen LogP contribution in [-0.4, -0.2) is 29.8 Å². The zero-order valence-corrected chi connectivity index (χ0v) is 17.6. The van der Waals surface area contributed by atoms with Gasteiger partial charge in [0.15, 0.2) is 6.10 Å². The fraction of sp³-hybridized carbons (Fsp3) is 0.368. The van der Waals surface area contributed by atoms with Crippen molar-refractivity contribution in [2.45, 2.75) is 45.6 Å². The second-order valence-corrected chi connectivity index (χ2v) is 8.68. The van der Waals surface area contributed by atoms with E-state index in [2.05, 4.69) is 10.6 Å². The predicted molar refractivity (Wildman–Crippen MR) is 112 cm³/mol. The third-order valence-electron chi connectivity index (χ3n) is 4.49. The van der Waals surface area contributed by atoms with Crippen LogP contribution in [0.4, 0.5) is 10.0 Å². The van der Waals surface area contributed by atoms with Gasteiger partial charge in [0, 0.05) is 11.8 Å². The number of rotatable bonds is 6. The highest BCUT2D eigenvalue weighted by Gasteiger charge is 2.29. The van der Waals surface area contributed by atoms with Crippen molar-refractivity contribution in [1.82, 2.24) is 0 Å². The number of hydrogen-bond acceptors (Lipinski definition) is 7. The van der Waals surface area contributed by atoms with Crippen LogP contribution in [0.2, 0.25) is 0 Å². The molecule has 0 saturated heterocycles. The molecule has 2 aromatic rings. The number of amides is 3. The summed E-state index contributed by atoms with van der Waals surface area (Å²) in [7, 11) is 0. The molecule has 10 heteroatoms. The molecule has 0 fully saturated rings.